The van der Waals surface area contributed by atoms with E-state index in [1.54, 1.807) is 12.1 Å². The molecular weight excluding hydrogens is 397 g/mol. The molecule has 2 aromatic rings. The number of likely N-dealkylation sites (N-methyl/N-ethyl adjacent to an activating group) is 1. The van der Waals surface area contributed by atoms with Gasteiger partial charge in [-0.2, -0.15) is 4.31 Å². The Kier molecular flexibility index (Phi) is 6.83. The molecule has 1 aliphatic heterocycles. The van der Waals surface area contributed by atoms with Crippen LogP contribution in [0.1, 0.15) is 5.56 Å². The largest absolute Gasteiger partial charge is 0.378 e. The van der Waals surface area contributed by atoms with E-state index in [2.05, 4.69) is 10.2 Å². The molecule has 0 aliphatic carbocycles. The van der Waals surface area contributed by atoms with Crippen LogP contribution in [0.25, 0.3) is 0 Å². The number of nitrogens with one attached hydrogen (secondary N) is 1. The number of benzene rings is 2. The summed E-state index contributed by atoms with van der Waals surface area (Å²) in [4.78, 5) is 14.5. The lowest BCUT2D eigenvalue weighted by atomic mass is 10.2. The Hall–Kier alpha value is -2.49. The number of carbonyl (C=O) groups is 1. The number of carbonyl (C=O) groups excluding carboxylic acids is 1. The molecule has 0 saturated carbocycles. The van der Waals surface area contributed by atoms with E-state index in [-0.39, 0.29) is 12.3 Å². The predicted octanol–water partition coefficient (Wildman–Crippen LogP) is 2.06. The first-order valence-electron chi connectivity index (χ1n) is 9.24. The van der Waals surface area contributed by atoms with Gasteiger partial charge in [0, 0.05) is 31.5 Å². The fourth-order valence-corrected chi connectivity index (χ4v) is 4.16. The van der Waals surface area contributed by atoms with Gasteiger partial charge < -0.3 is 15.0 Å². The summed E-state index contributed by atoms with van der Waals surface area (Å²) in [6.07, 6.45) is 0. The number of ether oxygens (including phenoxy) is 1. The van der Waals surface area contributed by atoms with Gasteiger partial charge in [-0.05, 0) is 42.0 Å². The summed E-state index contributed by atoms with van der Waals surface area (Å²) in [5, 5.41) is 2.70. The number of halogens is 1. The zero-order valence-corrected chi connectivity index (χ0v) is 17.0. The van der Waals surface area contributed by atoms with Gasteiger partial charge in [0.15, 0.2) is 0 Å². The summed E-state index contributed by atoms with van der Waals surface area (Å²) >= 11 is 0. The summed E-state index contributed by atoms with van der Waals surface area (Å²) in [6, 6.07) is 12.8. The van der Waals surface area contributed by atoms with Gasteiger partial charge in [-0.25, -0.2) is 12.8 Å². The van der Waals surface area contributed by atoms with E-state index in [4.69, 9.17) is 4.74 Å². The Labute approximate surface area is 170 Å². The van der Waals surface area contributed by atoms with Crippen molar-refractivity contribution in [3.8, 4) is 0 Å². The maximum absolute atomic E-state index is 13.3. The molecule has 7 nitrogen and oxygen atoms in total. The third-order valence-corrected chi connectivity index (χ3v) is 6.38. The molecule has 9 heteroatoms. The molecule has 3 rings (SSSR count). The smallest absolute Gasteiger partial charge is 0.239 e. The molecule has 0 unspecified atom stereocenters. The number of nitrogens with zero attached hydrogens (tertiary/aromatic N) is 2. The van der Waals surface area contributed by atoms with Crippen molar-refractivity contribution in [3.05, 3.63) is 59.9 Å². The van der Waals surface area contributed by atoms with Crippen LogP contribution in [0.3, 0.4) is 0 Å². The van der Waals surface area contributed by atoms with Crippen molar-refractivity contribution in [2.24, 2.45) is 0 Å². The number of rotatable bonds is 7. The van der Waals surface area contributed by atoms with Gasteiger partial charge in [-0.3, -0.25) is 4.79 Å². The predicted molar refractivity (Wildman–Crippen MR) is 110 cm³/mol. The van der Waals surface area contributed by atoms with E-state index in [0.29, 0.717) is 24.5 Å². The van der Waals surface area contributed by atoms with E-state index in [0.717, 1.165) is 23.1 Å². The van der Waals surface area contributed by atoms with Crippen molar-refractivity contribution in [3.63, 3.8) is 0 Å². The van der Waals surface area contributed by atoms with Gasteiger partial charge in [0.05, 0.1) is 25.5 Å². The highest BCUT2D eigenvalue weighted by molar-refractivity contribution is 7.88. The topological polar surface area (TPSA) is 79.0 Å². The molecule has 1 amide bonds. The van der Waals surface area contributed by atoms with E-state index in [1.807, 2.05) is 12.1 Å². The van der Waals surface area contributed by atoms with Crippen LogP contribution in [0.2, 0.25) is 0 Å². The molecule has 0 aromatic heterocycles. The molecule has 0 atom stereocenters. The highest BCUT2D eigenvalue weighted by Crippen LogP contribution is 2.19. The third kappa shape index (κ3) is 5.99. The molecule has 1 saturated heterocycles. The number of anilines is 2. The van der Waals surface area contributed by atoms with Gasteiger partial charge in [-0.1, -0.05) is 12.1 Å². The molecule has 1 fully saturated rings. The van der Waals surface area contributed by atoms with Crippen molar-refractivity contribution >= 4 is 27.3 Å². The van der Waals surface area contributed by atoms with Crippen molar-refractivity contribution in [2.75, 3.05) is 50.1 Å². The standard InChI is InChI=1S/C20H24FN3O4S/c1-23(29(26,27)15-16-3-2-4-17(21)13-16)14-20(25)22-18-5-7-19(8-6-18)24-9-11-28-12-10-24/h2-8,13H,9-12,14-15H2,1H3,(H,22,25). The van der Waals surface area contributed by atoms with Gasteiger partial charge in [-0.15, -0.1) is 0 Å². The Morgan fingerprint density at radius 1 is 1.17 bits per heavy atom. The summed E-state index contributed by atoms with van der Waals surface area (Å²) in [5.74, 6) is -1.32. The first-order chi connectivity index (χ1) is 13.8. The molecular formula is C20H24FN3O4S. The Bertz CT molecular complexity index is 944. The lowest BCUT2D eigenvalue weighted by molar-refractivity contribution is -0.116. The van der Waals surface area contributed by atoms with Crippen LogP contribution in [-0.2, 0) is 25.3 Å². The molecule has 1 heterocycles. The van der Waals surface area contributed by atoms with Gasteiger partial charge >= 0.3 is 0 Å². The SMILES string of the molecule is CN(CC(=O)Nc1ccc(N2CCOCC2)cc1)S(=O)(=O)Cc1cccc(F)c1. The maximum Gasteiger partial charge on any atom is 0.239 e. The van der Waals surface area contributed by atoms with E-state index in [1.165, 1.54) is 31.3 Å². The van der Waals surface area contributed by atoms with Crippen LogP contribution < -0.4 is 10.2 Å². The number of amides is 1. The summed E-state index contributed by atoms with van der Waals surface area (Å²) < 4.78 is 44.4. The summed E-state index contributed by atoms with van der Waals surface area (Å²) in [5.41, 5.74) is 1.96. The average molecular weight is 421 g/mol. The zero-order chi connectivity index (χ0) is 20.9. The van der Waals surface area contributed by atoms with Gasteiger partial charge in [0.25, 0.3) is 0 Å². The van der Waals surface area contributed by atoms with Gasteiger partial charge in [0.2, 0.25) is 15.9 Å². The van der Waals surface area contributed by atoms with Crippen LogP contribution in [-0.4, -0.2) is 58.5 Å². The van der Waals surface area contributed by atoms with Crippen molar-refractivity contribution in [2.45, 2.75) is 5.75 Å². The third-order valence-electron chi connectivity index (χ3n) is 4.61. The lowest BCUT2D eigenvalue weighted by Crippen LogP contribution is -2.36. The molecule has 2 aromatic carbocycles. The molecule has 156 valence electrons. The fourth-order valence-electron chi connectivity index (χ4n) is 3.03. The van der Waals surface area contributed by atoms with Crippen molar-refractivity contribution in [1.29, 1.82) is 0 Å². The molecule has 29 heavy (non-hydrogen) atoms. The zero-order valence-electron chi connectivity index (χ0n) is 16.2. The van der Waals surface area contributed by atoms with Crippen LogP contribution in [0, 0.1) is 5.82 Å². The van der Waals surface area contributed by atoms with E-state index >= 15 is 0 Å². The Morgan fingerprint density at radius 3 is 2.52 bits per heavy atom. The summed E-state index contributed by atoms with van der Waals surface area (Å²) in [6.45, 7) is 2.69. The highest BCUT2D eigenvalue weighted by Gasteiger charge is 2.21. The van der Waals surface area contributed by atoms with Crippen LogP contribution >= 0.6 is 0 Å². The minimum absolute atomic E-state index is 0.330. The lowest BCUT2D eigenvalue weighted by Gasteiger charge is -2.28. The van der Waals surface area contributed by atoms with Crippen molar-refractivity contribution < 1.29 is 22.3 Å². The number of hydrogen-bond donors (Lipinski definition) is 1. The minimum atomic E-state index is -3.75. The molecule has 0 bridgehead atoms. The van der Waals surface area contributed by atoms with E-state index < -0.39 is 21.7 Å². The molecule has 0 spiro atoms. The first-order valence-corrected chi connectivity index (χ1v) is 10.9. The fraction of sp³-hybridized carbons (Fsp3) is 0.350. The summed E-state index contributed by atoms with van der Waals surface area (Å²) in [7, 11) is -2.42. The number of morpholine rings is 1. The maximum atomic E-state index is 13.3. The molecule has 1 aliphatic rings. The second-order valence-corrected chi connectivity index (χ2v) is 8.91. The van der Waals surface area contributed by atoms with E-state index in [9.17, 15) is 17.6 Å². The molecule has 1 N–H and O–H groups in total. The number of hydrogen-bond acceptors (Lipinski definition) is 5. The van der Waals surface area contributed by atoms with Crippen LogP contribution in [0.4, 0.5) is 15.8 Å². The number of sulfonamides is 1. The second kappa shape index (κ2) is 9.34. The molecule has 0 radical (unpaired) electrons. The Morgan fingerprint density at radius 2 is 1.86 bits per heavy atom. The minimum Gasteiger partial charge on any atom is -0.378 e. The second-order valence-electron chi connectivity index (χ2n) is 6.84. The highest BCUT2D eigenvalue weighted by atomic mass is 32.2. The van der Waals surface area contributed by atoms with Crippen LogP contribution in [0.5, 0.6) is 0 Å². The average Bonchev–Trinajstić information content (AvgIpc) is 2.69. The van der Waals surface area contributed by atoms with Gasteiger partial charge in [0.1, 0.15) is 5.82 Å². The monoisotopic (exact) mass is 421 g/mol. The normalized spacial score (nSPS) is 14.8. The Balaban J connectivity index is 1.55. The quantitative estimate of drug-likeness (QED) is 0.741. The first kappa shape index (κ1) is 21.2. The van der Waals surface area contributed by atoms with Crippen molar-refractivity contribution in [1.82, 2.24) is 4.31 Å². The van der Waals surface area contributed by atoms with Crippen LogP contribution in [0.15, 0.2) is 48.5 Å².